The molecule has 5 rings (SSSR count). The molecule has 0 fully saturated rings. The van der Waals surface area contributed by atoms with Gasteiger partial charge in [-0.15, -0.1) is 0 Å². The fourth-order valence-electron chi connectivity index (χ4n) is 5.10. The zero-order chi connectivity index (χ0) is 24.5. The quantitative estimate of drug-likeness (QED) is 0.510. The van der Waals surface area contributed by atoms with E-state index in [1.54, 1.807) is 26.2 Å². The van der Waals surface area contributed by atoms with Crippen molar-refractivity contribution in [2.24, 2.45) is 0 Å². The molecule has 0 bridgehead atoms. The lowest BCUT2D eigenvalue weighted by molar-refractivity contribution is -0.119. The predicted molar refractivity (Wildman–Crippen MR) is 132 cm³/mol. The molecular formula is C28H28N2O5. The van der Waals surface area contributed by atoms with Crippen molar-refractivity contribution in [2.75, 3.05) is 32.8 Å². The molecule has 0 spiro atoms. The molecule has 0 aromatic heterocycles. The molecule has 0 radical (unpaired) electrons. The van der Waals surface area contributed by atoms with E-state index in [1.807, 2.05) is 59.5 Å². The van der Waals surface area contributed by atoms with Crippen LogP contribution in [0.25, 0.3) is 0 Å². The summed E-state index contributed by atoms with van der Waals surface area (Å²) in [7, 11) is 4.66. The third kappa shape index (κ3) is 3.97. The molecule has 3 aromatic rings. The van der Waals surface area contributed by atoms with Crippen molar-refractivity contribution in [2.45, 2.75) is 25.4 Å². The van der Waals surface area contributed by atoms with Gasteiger partial charge >= 0.3 is 0 Å². The maximum absolute atomic E-state index is 13.7. The van der Waals surface area contributed by atoms with Crippen LogP contribution in [0.3, 0.4) is 0 Å². The Morgan fingerprint density at radius 3 is 2.23 bits per heavy atom. The second-order valence-electron chi connectivity index (χ2n) is 8.69. The van der Waals surface area contributed by atoms with Gasteiger partial charge in [-0.2, -0.15) is 0 Å². The van der Waals surface area contributed by atoms with Crippen LogP contribution in [0.5, 0.6) is 17.2 Å². The highest BCUT2D eigenvalue weighted by Crippen LogP contribution is 2.43. The number of amides is 2. The number of carbonyl (C=O) groups is 2. The van der Waals surface area contributed by atoms with Crippen LogP contribution in [-0.4, -0.2) is 44.6 Å². The number of para-hydroxylation sites is 1. The van der Waals surface area contributed by atoms with E-state index in [0.717, 1.165) is 28.8 Å². The molecule has 0 unspecified atom stereocenters. The van der Waals surface area contributed by atoms with Crippen molar-refractivity contribution in [3.63, 3.8) is 0 Å². The minimum atomic E-state index is -0.510. The molecule has 0 aliphatic carbocycles. The number of fused-ring (bicyclic) bond motifs is 2. The third-order valence-electron chi connectivity index (χ3n) is 6.85. The predicted octanol–water partition coefficient (Wildman–Crippen LogP) is 4.39. The van der Waals surface area contributed by atoms with Crippen LogP contribution in [0.4, 0.5) is 5.69 Å². The summed E-state index contributed by atoms with van der Waals surface area (Å²) in [6, 6.07) is 18.7. The first kappa shape index (κ1) is 22.8. The third-order valence-corrected chi connectivity index (χ3v) is 6.85. The first-order chi connectivity index (χ1) is 17.0. The number of benzene rings is 3. The second kappa shape index (κ2) is 9.33. The molecule has 7 nitrogen and oxygen atoms in total. The van der Waals surface area contributed by atoms with Gasteiger partial charge in [-0.05, 0) is 47.4 Å². The Hall–Kier alpha value is -4.00. The molecular weight excluding hydrogens is 444 g/mol. The average Bonchev–Trinajstić information content (AvgIpc) is 3.47. The van der Waals surface area contributed by atoms with Crippen molar-refractivity contribution in [1.29, 1.82) is 0 Å². The number of rotatable bonds is 7. The van der Waals surface area contributed by atoms with Gasteiger partial charge in [0, 0.05) is 24.3 Å². The fourth-order valence-corrected chi connectivity index (χ4v) is 5.10. The van der Waals surface area contributed by atoms with Gasteiger partial charge in [-0.3, -0.25) is 9.59 Å². The van der Waals surface area contributed by atoms with Crippen molar-refractivity contribution in [1.82, 2.24) is 4.90 Å². The summed E-state index contributed by atoms with van der Waals surface area (Å²) in [5.74, 6) is 1.31. The first-order valence-corrected chi connectivity index (χ1v) is 11.6. The number of hydrogen-bond donors (Lipinski definition) is 0. The van der Waals surface area contributed by atoms with Crippen molar-refractivity contribution < 1.29 is 23.8 Å². The first-order valence-electron chi connectivity index (χ1n) is 11.6. The second-order valence-corrected chi connectivity index (χ2v) is 8.69. The molecule has 3 aromatic carbocycles. The van der Waals surface area contributed by atoms with E-state index in [1.165, 1.54) is 0 Å². The molecule has 7 heteroatoms. The molecule has 0 saturated heterocycles. The summed E-state index contributed by atoms with van der Waals surface area (Å²) in [6.45, 7) is 1.06. The molecule has 2 aliphatic rings. The van der Waals surface area contributed by atoms with Gasteiger partial charge in [0.05, 0.1) is 33.8 Å². The molecule has 35 heavy (non-hydrogen) atoms. The normalized spacial score (nSPS) is 15.0. The van der Waals surface area contributed by atoms with E-state index in [-0.39, 0.29) is 18.2 Å². The minimum absolute atomic E-state index is 0.0301. The lowest BCUT2D eigenvalue weighted by Crippen LogP contribution is -2.36. The highest BCUT2D eigenvalue weighted by Gasteiger charge is 2.37. The number of methoxy groups -OCH3 is 3. The number of carbonyl (C=O) groups excluding carboxylic acids is 2. The highest BCUT2D eigenvalue weighted by molar-refractivity contribution is 6.00. The molecule has 2 heterocycles. The smallest absolute Gasteiger partial charge is 0.255 e. The molecule has 0 N–H and O–H groups in total. The monoisotopic (exact) mass is 472 g/mol. The Bertz CT molecular complexity index is 1260. The number of anilines is 1. The fraction of sp³-hybridized carbons (Fsp3) is 0.286. The van der Waals surface area contributed by atoms with Crippen LogP contribution in [-0.2, 0) is 17.8 Å². The van der Waals surface area contributed by atoms with Gasteiger partial charge in [-0.1, -0.05) is 36.4 Å². The summed E-state index contributed by atoms with van der Waals surface area (Å²) in [6.07, 6.45) is 0.956. The van der Waals surface area contributed by atoms with Crippen LogP contribution in [0, 0.1) is 0 Å². The van der Waals surface area contributed by atoms with Gasteiger partial charge in [0.15, 0.2) is 11.5 Å². The van der Waals surface area contributed by atoms with Crippen molar-refractivity contribution in [3.8, 4) is 17.2 Å². The van der Waals surface area contributed by atoms with Gasteiger partial charge in [0.2, 0.25) is 11.7 Å². The molecule has 2 aliphatic heterocycles. The minimum Gasteiger partial charge on any atom is -0.493 e. The van der Waals surface area contributed by atoms with Crippen LogP contribution < -0.4 is 19.1 Å². The standard InChI is InChI=1S/C28H28N2O5/c1-33-24-14-20(15-25(34-2)27(24)35-3)23(30-17-19-9-4-6-10-21(19)28(30)32)16-26(31)29-13-12-18-8-5-7-11-22(18)29/h4-11,14-15,23H,12-13,16-17H2,1-3H3/t23-/m1/s1. The topological polar surface area (TPSA) is 68.3 Å². The van der Waals surface area contributed by atoms with Crippen LogP contribution in [0.15, 0.2) is 60.7 Å². The summed E-state index contributed by atoms with van der Waals surface area (Å²) in [5.41, 5.74) is 4.48. The van der Waals surface area contributed by atoms with E-state index in [2.05, 4.69) is 6.07 Å². The maximum atomic E-state index is 13.7. The van der Waals surface area contributed by atoms with Crippen LogP contribution in [0.1, 0.15) is 39.5 Å². The van der Waals surface area contributed by atoms with Gasteiger partial charge < -0.3 is 24.0 Å². The van der Waals surface area contributed by atoms with Crippen LogP contribution >= 0.6 is 0 Å². The van der Waals surface area contributed by atoms with E-state index < -0.39 is 6.04 Å². The lowest BCUT2D eigenvalue weighted by Gasteiger charge is -2.30. The number of ether oxygens (including phenoxy) is 3. The molecule has 1 atom stereocenters. The number of hydrogen-bond acceptors (Lipinski definition) is 5. The molecule has 2 amide bonds. The largest absolute Gasteiger partial charge is 0.493 e. The Morgan fingerprint density at radius 2 is 1.57 bits per heavy atom. The zero-order valence-electron chi connectivity index (χ0n) is 20.1. The van der Waals surface area contributed by atoms with Crippen molar-refractivity contribution in [3.05, 3.63) is 82.9 Å². The molecule has 180 valence electrons. The lowest BCUT2D eigenvalue weighted by atomic mass is 9.99. The summed E-state index contributed by atoms with van der Waals surface area (Å²) in [4.78, 5) is 30.7. The van der Waals surface area contributed by atoms with E-state index in [9.17, 15) is 9.59 Å². The summed E-state index contributed by atoms with van der Waals surface area (Å²) in [5, 5.41) is 0. The van der Waals surface area contributed by atoms with Crippen LogP contribution in [0.2, 0.25) is 0 Å². The maximum Gasteiger partial charge on any atom is 0.255 e. The van der Waals surface area contributed by atoms with E-state index in [0.29, 0.717) is 35.9 Å². The average molecular weight is 473 g/mol. The van der Waals surface area contributed by atoms with E-state index >= 15 is 0 Å². The SMILES string of the molecule is COc1cc([C@@H](CC(=O)N2CCc3ccccc32)N2Cc3ccccc3C2=O)cc(OC)c1OC. The summed E-state index contributed by atoms with van der Waals surface area (Å²) >= 11 is 0. The Balaban J connectivity index is 1.55. The Kier molecular flexibility index (Phi) is 6.07. The Labute approximate surface area is 204 Å². The summed E-state index contributed by atoms with van der Waals surface area (Å²) < 4.78 is 16.6. The van der Waals surface area contributed by atoms with Gasteiger partial charge in [-0.25, -0.2) is 0 Å². The van der Waals surface area contributed by atoms with Gasteiger partial charge in [0.1, 0.15) is 0 Å². The highest BCUT2D eigenvalue weighted by atomic mass is 16.5. The Morgan fingerprint density at radius 1 is 0.914 bits per heavy atom. The zero-order valence-corrected chi connectivity index (χ0v) is 20.1. The van der Waals surface area contributed by atoms with Crippen molar-refractivity contribution >= 4 is 17.5 Å². The molecule has 0 saturated carbocycles. The van der Waals surface area contributed by atoms with E-state index in [4.69, 9.17) is 14.2 Å². The number of nitrogens with zero attached hydrogens (tertiary/aromatic N) is 2. The van der Waals surface area contributed by atoms with Gasteiger partial charge in [0.25, 0.3) is 5.91 Å².